The molecule has 4 rings (SSSR count). The number of para-hydroxylation sites is 1. The van der Waals surface area contributed by atoms with Crippen molar-refractivity contribution in [3.63, 3.8) is 0 Å². The average Bonchev–Trinajstić information content (AvgIpc) is 3.30. The highest BCUT2D eigenvalue weighted by Crippen LogP contribution is 2.28. The summed E-state index contributed by atoms with van der Waals surface area (Å²) in [6.45, 7) is 6.20. The molecular formula is C22H26N4O. The lowest BCUT2D eigenvalue weighted by Gasteiger charge is -2.17. The van der Waals surface area contributed by atoms with Crippen LogP contribution in [0, 0.1) is 6.92 Å². The fraction of sp³-hybridized carbons (Fsp3) is 0.364. The molecule has 2 aromatic carbocycles. The number of fused-ring (bicyclic) bond motifs is 1. The van der Waals surface area contributed by atoms with Gasteiger partial charge in [-0.2, -0.15) is 5.10 Å². The van der Waals surface area contributed by atoms with E-state index in [1.54, 1.807) is 10.9 Å². The maximum Gasteiger partial charge on any atom is 0.241 e. The molecular weight excluding hydrogens is 336 g/mol. The van der Waals surface area contributed by atoms with Gasteiger partial charge in [0.15, 0.2) is 0 Å². The van der Waals surface area contributed by atoms with E-state index in [2.05, 4.69) is 46.5 Å². The van der Waals surface area contributed by atoms with Crippen LogP contribution < -0.4 is 5.32 Å². The fourth-order valence-electron chi connectivity index (χ4n) is 4.03. The predicted molar refractivity (Wildman–Crippen MR) is 108 cm³/mol. The van der Waals surface area contributed by atoms with Crippen LogP contribution in [-0.4, -0.2) is 46.8 Å². The van der Waals surface area contributed by atoms with Crippen LogP contribution in [0.15, 0.2) is 54.7 Å². The second-order valence-electron chi connectivity index (χ2n) is 7.35. The molecule has 1 aromatic heterocycles. The van der Waals surface area contributed by atoms with Crippen LogP contribution in [0.3, 0.4) is 0 Å². The molecule has 0 saturated carbocycles. The lowest BCUT2D eigenvalue weighted by molar-refractivity contribution is -0.121. The minimum Gasteiger partial charge on any atom is -0.353 e. The number of carbonyl (C=O) groups excluding carboxylic acids is 1. The van der Waals surface area contributed by atoms with Crippen LogP contribution in [0.2, 0.25) is 0 Å². The van der Waals surface area contributed by atoms with E-state index in [9.17, 15) is 4.79 Å². The molecule has 1 fully saturated rings. The van der Waals surface area contributed by atoms with Crippen LogP contribution in [0.4, 0.5) is 0 Å². The van der Waals surface area contributed by atoms with Crippen molar-refractivity contribution in [1.82, 2.24) is 20.0 Å². The molecule has 2 heterocycles. The lowest BCUT2D eigenvalue weighted by Crippen LogP contribution is -2.35. The zero-order chi connectivity index (χ0) is 18.6. The first-order valence-corrected chi connectivity index (χ1v) is 9.66. The van der Waals surface area contributed by atoms with Gasteiger partial charge in [0, 0.05) is 25.0 Å². The fourth-order valence-corrected chi connectivity index (χ4v) is 4.03. The van der Waals surface area contributed by atoms with Gasteiger partial charge < -0.3 is 10.2 Å². The van der Waals surface area contributed by atoms with Gasteiger partial charge in [0.2, 0.25) is 5.91 Å². The maximum atomic E-state index is 12.3. The van der Waals surface area contributed by atoms with Crippen molar-refractivity contribution in [2.75, 3.05) is 26.2 Å². The third kappa shape index (κ3) is 4.03. The summed E-state index contributed by atoms with van der Waals surface area (Å²) in [5.41, 5.74) is 3.84. The van der Waals surface area contributed by atoms with Crippen LogP contribution in [0.5, 0.6) is 0 Å². The van der Waals surface area contributed by atoms with Crippen molar-refractivity contribution in [3.05, 3.63) is 65.9 Å². The number of amides is 1. The van der Waals surface area contributed by atoms with Gasteiger partial charge in [-0.15, -0.1) is 0 Å². The Morgan fingerprint density at radius 2 is 2.00 bits per heavy atom. The van der Waals surface area contributed by atoms with E-state index in [0.717, 1.165) is 30.5 Å². The molecule has 0 unspecified atom stereocenters. The summed E-state index contributed by atoms with van der Waals surface area (Å²) in [6, 6.07) is 16.6. The Hall–Kier alpha value is -2.66. The van der Waals surface area contributed by atoms with Crippen LogP contribution in [0.1, 0.15) is 23.5 Å². The zero-order valence-electron chi connectivity index (χ0n) is 15.8. The van der Waals surface area contributed by atoms with Crippen molar-refractivity contribution >= 4 is 16.8 Å². The molecule has 5 heteroatoms. The summed E-state index contributed by atoms with van der Waals surface area (Å²) in [5, 5.41) is 8.41. The molecule has 0 aliphatic carbocycles. The molecule has 1 aliphatic rings. The molecule has 1 amide bonds. The molecule has 0 spiro atoms. The van der Waals surface area contributed by atoms with E-state index in [4.69, 9.17) is 0 Å². The number of hydrogen-bond donors (Lipinski definition) is 1. The Labute approximate surface area is 160 Å². The topological polar surface area (TPSA) is 50.2 Å². The number of hydrogen-bond acceptors (Lipinski definition) is 3. The van der Waals surface area contributed by atoms with Gasteiger partial charge in [-0.05, 0) is 43.0 Å². The average molecular weight is 362 g/mol. The van der Waals surface area contributed by atoms with E-state index in [1.807, 2.05) is 24.3 Å². The Balaban J connectivity index is 1.24. The molecule has 5 nitrogen and oxygen atoms in total. The quantitative estimate of drug-likeness (QED) is 0.733. The van der Waals surface area contributed by atoms with Crippen LogP contribution in [-0.2, 0) is 11.3 Å². The SMILES string of the molecule is Cc1ccccc1[C@@H]1CCN(CCNC(=O)Cn2ncc3ccccc32)C1. The highest BCUT2D eigenvalue weighted by atomic mass is 16.2. The van der Waals surface area contributed by atoms with E-state index in [1.165, 1.54) is 17.5 Å². The van der Waals surface area contributed by atoms with Crippen molar-refractivity contribution in [2.45, 2.75) is 25.8 Å². The van der Waals surface area contributed by atoms with Crippen molar-refractivity contribution in [3.8, 4) is 0 Å². The third-order valence-electron chi connectivity index (χ3n) is 5.50. The number of nitrogens with one attached hydrogen (secondary N) is 1. The Morgan fingerprint density at radius 1 is 1.19 bits per heavy atom. The van der Waals surface area contributed by atoms with Gasteiger partial charge in [0.25, 0.3) is 0 Å². The van der Waals surface area contributed by atoms with Gasteiger partial charge in [-0.3, -0.25) is 9.48 Å². The van der Waals surface area contributed by atoms with Crippen molar-refractivity contribution in [2.24, 2.45) is 0 Å². The molecule has 1 atom stereocenters. The standard InChI is InChI=1S/C22H26N4O/c1-17-6-2-4-8-20(17)19-10-12-25(15-19)13-11-23-22(27)16-26-21-9-5-3-7-18(21)14-24-26/h2-9,14,19H,10-13,15-16H2,1H3,(H,23,27)/t19-/m1/s1. The lowest BCUT2D eigenvalue weighted by atomic mass is 9.94. The number of likely N-dealkylation sites (tertiary alicyclic amines) is 1. The van der Waals surface area contributed by atoms with E-state index in [-0.39, 0.29) is 12.5 Å². The van der Waals surface area contributed by atoms with Gasteiger partial charge >= 0.3 is 0 Å². The van der Waals surface area contributed by atoms with Crippen LogP contribution >= 0.6 is 0 Å². The van der Waals surface area contributed by atoms with E-state index in [0.29, 0.717) is 12.5 Å². The van der Waals surface area contributed by atoms with Gasteiger partial charge in [0.05, 0.1) is 11.7 Å². The largest absolute Gasteiger partial charge is 0.353 e. The first kappa shape index (κ1) is 17.7. The Bertz CT molecular complexity index is 933. The number of nitrogens with zero attached hydrogens (tertiary/aromatic N) is 3. The number of aryl methyl sites for hydroxylation is 1. The van der Waals surface area contributed by atoms with E-state index >= 15 is 0 Å². The predicted octanol–water partition coefficient (Wildman–Crippen LogP) is 2.95. The van der Waals surface area contributed by atoms with E-state index < -0.39 is 0 Å². The summed E-state index contributed by atoms with van der Waals surface area (Å²) < 4.78 is 1.76. The number of rotatable bonds is 6. The third-order valence-corrected chi connectivity index (χ3v) is 5.50. The smallest absolute Gasteiger partial charge is 0.241 e. The summed E-state index contributed by atoms with van der Waals surface area (Å²) in [7, 11) is 0. The summed E-state index contributed by atoms with van der Waals surface area (Å²) in [6.07, 6.45) is 3.00. The minimum atomic E-state index is 0.0125. The van der Waals surface area contributed by atoms with Crippen molar-refractivity contribution < 1.29 is 4.79 Å². The van der Waals surface area contributed by atoms with Gasteiger partial charge in [-0.25, -0.2) is 0 Å². The second-order valence-corrected chi connectivity index (χ2v) is 7.35. The highest BCUT2D eigenvalue weighted by molar-refractivity contribution is 5.81. The van der Waals surface area contributed by atoms with Gasteiger partial charge in [-0.1, -0.05) is 42.5 Å². The number of aromatic nitrogens is 2. The monoisotopic (exact) mass is 362 g/mol. The molecule has 1 saturated heterocycles. The summed E-state index contributed by atoms with van der Waals surface area (Å²) in [5.74, 6) is 0.621. The van der Waals surface area contributed by atoms with Crippen LogP contribution in [0.25, 0.3) is 10.9 Å². The first-order valence-electron chi connectivity index (χ1n) is 9.66. The molecule has 140 valence electrons. The molecule has 1 aliphatic heterocycles. The molecule has 0 radical (unpaired) electrons. The minimum absolute atomic E-state index is 0.0125. The number of carbonyl (C=O) groups is 1. The first-order chi connectivity index (χ1) is 13.2. The summed E-state index contributed by atoms with van der Waals surface area (Å²) in [4.78, 5) is 14.7. The second kappa shape index (κ2) is 7.92. The number of benzene rings is 2. The Kier molecular flexibility index (Phi) is 5.21. The summed E-state index contributed by atoms with van der Waals surface area (Å²) >= 11 is 0. The van der Waals surface area contributed by atoms with Crippen molar-refractivity contribution in [1.29, 1.82) is 0 Å². The zero-order valence-corrected chi connectivity index (χ0v) is 15.8. The molecule has 27 heavy (non-hydrogen) atoms. The molecule has 1 N–H and O–H groups in total. The molecule has 0 bridgehead atoms. The highest BCUT2D eigenvalue weighted by Gasteiger charge is 2.24. The normalized spacial score (nSPS) is 17.4. The molecule has 3 aromatic rings. The van der Waals surface area contributed by atoms with Gasteiger partial charge in [0.1, 0.15) is 6.54 Å². The maximum absolute atomic E-state index is 12.3. The Morgan fingerprint density at radius 3 is 2.89 bits per heavy atom.